The van der Waals surface area contributed by atoms with Gasteiger partial charge < -0.3 is 25.6 Å². The number of rotatable bonds is 7. The van der Waals surface area contributed by atoms with Crippen molar-refractivity contribution in [3.05, 3.63) is 65.2 Å². The van der Waals surface area contributed by atoms with Gasteiger partial charge >= 0.3 is 11.9 Å². The summed E-state index contributed by atoms with van der Waals surface area (Å²) in [5, 5.41) is 22.6. The molecule has 1 fully saturated rings. The Bertz CT molecular complexity index is 1040. The summed E-state index contributed by atoms with van der Waals surface area (Å²) >= 11 is 0. The summed E-state index contributed by atoms with van der Waals surface area (Å²) in [6, 6.07) is 11.1. The van der Waals surface area contributed by atoms with Crippen molar-refractivity contribution in [2.45, 2.75) is 43.4 Å². The zero-order chi connectivity index (χ0) is 23.5. The lowest BCUT2D eigenvalue weighted by molar-refractivity contribution is -0.165. The van der Waals surface area contributed by atoms with Gasteiger partial charge in [0.2, 0.25) is 5.91 Å². The largest absolute Gasteiger partial charge is 0.480 e. The van der Waals surface area contributed by atoms with Crippen LogP contribution in [0.4, 0.5) is 5.69 Å². The number of nitrogen functional groups attached to an aromatic ring is 1. The van der Waals surface area contributed by atoms with Crippen LogP contribution in [-0.4, -0.2) is 64.3 Å². The van der Waals surface area contributed by atoms with Crippen LogP contribution in [0.3, 0.4) is 0 Å². The zero-order valence-electron chi connectivity index (χ0n) is 18.0. The molecule has 33 heavy (non-hydrogen) atoms. The van der Waals surface area contributed by atoms with Crippen LogP contribution in [0.2, 0.25) is 0 Å². The highest BCUT2D eigenvalue weighted by atomic mass is 16.5. The van der Waals surface area contributed by atoms with Crippen molar-refractivity contribution in [1.82, 2.24) is 10.2 Å². The number of aliphatic carboxylic acids is 2. The molecular formula is C24H27N3O6. The SMILES string of the molecule is Nc1ccc2c(c1)[C@H]1COC[C@@H](C(=O)O)N1C(=O)[C@@H](N[C@@H](CCc1ccccc1)C(=O)O)C2. The molecule has 0 aromatic heterocycles. The predicted octanol–water partition coefficient (Wildman–Crippen LogP) is 1.22. The van der Waals surface area contributed by atoms with Crippen LogP contribution in [0.5, 0.6) is 0 Å². The number of carboxylic acid groups (broad SMARTS) is 2. The number of ether oxygens (including phenoxy) is 1. The van der Waals surface area contributed by atoms with Crippen LogP contribution in [0, 0.1) is 0 Å². The van der Waals surface area contributed by atoms with Gasteiger partial charge in [0, 0.05) is 5.69 Å². The molecule has 0 radical (unpaired) electrons. The monoisotopic (exact) mass is 453 g/mol. The number of hydrogen-bond acceptors (Lipinski definition) is 6. The number of nitrogens with two attached hydrogens (primary N) is 1. The lowest BCUT2D eigenvalue weighted by atomic mass is 9.96. The second kappa shape index (κ2) is 9.60. The van der Waals surface area contributed by atoms with Crippen LogP contribution in [0.15, 0.2) is 48.5 Å². The molecule has 9 heteroatoms. The second-order valence-electron chi connectivity index (χ2n) is 8.45. The summed E-state index contributed by atoms with van der Waals surface area (Å²) in [5.74, 6) is -2.68. The minimum absolute atomic E-state index is 0.127. The van der Waals surface area contributed by atoms with Crippen molar-refractivity contribution in [1.29, 1.82) is 0 Å². The molecule has 1 saturated heterocycles. The average Bonchev–Trinajstić information content (AvgIpc) is 2.91. The Morgan fingerprint density at radius 2 is 1.91 bits per heavy atom. The topological polar surface area (TPSA) is 142 Å². The number of hydrogen-bond donors (Lipinski definition) is 4. The summed E-state index contributed by atoms with van der Waals surface area (Å²) in [6.07, 6.45) is 1.03. The van der Waals surface area contributed by atoms with Crippen LogP contribution in [0.25, 0.3) is 0 Å². The van der Waals surface area contributed by atoms with E-state index in [0.29, 0.717) is 12.1 Å². The van der Waals surface area contributed by atoms with Gasteiger partial charge in [-0.25, -0.2) is 4.79 Å². The molecule has 5 N–H and O–H groups in total. The molecule has 1 amide bonds. The molecule has 0 aliphatic carbocycles. The summed E-state index contributed by atoms with van der Waals surface area (Å²) < 4.78 is 5.53. The molecule has 2 aromatic rings. The Morgan fingerprint density at radius 1 is 1.15 bits per heavy atom. The number of morpholine rings is 1. The fraction of sp³-hybridized carbons (Fsp3) is 0.375. The number of carbonyl (C=O) groups excluding carboxylic acids is 1. The van der Waals surface area contributed by atoms with E-state index in [4.69, 9.17) is 10.5 Å². The molecule has 0 unspecified atom stereocenters. The molecule has 2 aliphatic heterocycles. The van der Waals surface area contributed by atoms with E-state index in [1.165, 1.54) is 4.90 Å². The number of nitrogens with one attached hydrogen (secondary N) is 1. The van der Waals surface area contributed by atoms with E-state index in [9.17, 15) is 24.6 Å². The standard InChI is InChI=1S/C24H27N3O6/c25-16-8-7-15-10-19(26-18(23(29)30)9-6-14-4-2-1-3-5-14)22(28)27-20(17(15)11-16)12-33-13-21(27)24(31)32/h1-5,7-8,11,18-21,26H,6,9-10,12-13,25H2,(H,29,30)(H,31,32)/t18-,19-,20+,21-/m0/s1. The molecule has 0 spiro atoms. The molecular weight excluding hydrogens is 426 g/mol. The maximum atomic E-state index is 13.6. The molecule has 4 atom stereocenters. The van der Waals surface area contributed by atoms with Crippen molar-refractivity contribution in [3.63, 3.8) is 0 Å². The quantitative estimate of drug-likeness (QED) is 0.459. The van der Waals surface area contributed by atoms with Gasteiger partial charge in [0.25, 0.3) is 0 Å². The highest BCUT2D eigenvalue weighted by molar-refractivity contribution is 5.89. The highest BCUT2D eigenvalue weighted by Gasteiger charge is 2.45. The van der Waals surface area contributed by atoms with Gasteiger partial charge in [-0.15, -0.1) is 0 Å². The lowest BCUT2D eigenvalue weighted by Crippen LogP contribution is -2.59. The van der Waals surface area contributed by atoms with E-state index >= 15 is 0 Å². The van der Waals surface area contributed by atoms with Gasteiger partial charge in [-0.3, -0.25) is 14.9 Å². The fourth-order valence-electron chi connectivity index (χ4n) is 4.61. The first-order valence-corrected chi connectivity index (χ1v) is 10.9. The normalized spacial score (nSPS) is 23.2. The Morgan fingerprint density at radius 3 is 2.61 bits per heavy atom. The van der Waals surface area contributed by atoms with Gasteiger partial charge in [0.05, 0.1) is 25.3 Å². The molecule has 2 heterocycles. The average molecular weight is 453 g/mol. The van der Waals surface area contributed by atoms with Crippen molar-refractivity contribution in [2.24, 2.45) is 0 Å². The number of amides is 1. The van der Waals surface area contributed by atoms with Crippen LogP contribution in [-0.2, 0) is 32.0 Å². The van der Waals surface area contributed by atoms with Crippen LogP contribution in [0.1, 0.15) is 29.2 Å². The van der Waals surface area contributed by atoms with Crippen molar-refractivity contribution in [2.75, 3.05) is 18.9 Å². The Labute approximate surface area is 191 Å². The lowest BCUT2D eigenvalue weighted by Gasteiger charge is -2.40. The number of benzene rings is 2. The zero-order valence-corrected chi connectivity index (χ0v) is 18.0. The summed E-state index contributed by atoms with van der Waals surface area (Å²) in [4.78, 5) is 38.9. The fourth-order valence-corrected chi connectivity index (χ4v) is 4.61. The predicted molar refractivity (Wildman–Crippen MR) is 119 cm³/mol. The van der Waals surface area contributed by atoms with E-state index in [1.807, 2.05) is 30.3 Å². The van der Waals surface area contributed by atoms with E-state index in [2.05, 4.69) is 5.32 Å². The number of nitrogens with zero attached hydrogens (tertiary/aromatic N) is 1. The van der Waals surface area contributed by atoms with Crippen LogP contribution >= 0.6 is 0 Å². The van der Waals surface area contributed by atoms with E-state index < -0.39 is 42.0 Å². The van der Waals surface area contributed by atoms with Crippen molar-refractivity contribution < 1.29 is 29.3 Å². The molecule has 4 rings (SSSR count). The minimum atomic E-state index is -1.17. The third kappa shape index (κ3) is 4.84. The third-order valence-electron chi connectivity index (χ3n) is 6.28. The third-order valence-corrected chi connectivity index (χ3v) is 6.28. The summed E-state index contributed by atoms with van der Waals surface area (Å²) in [7, 11) is 0. The van der Waals surface area contributed by atoms with E-state index in [-0.39, 0.29) is 26.1 Å². The molecule has 0 bridgehead atoms. The summed E-state index contributed by atoms with van der Waals surface area (Å²) in [6.45, 7) is 0.0212. The molecule has 2 aliphatic rings. The van der Waals surface area contributed by atoms with Crippen molar-refractivity contribution in [3.8, 4) is 0 Å². The number of carboxylic acids is 2. The van der Waals surface area contributed by atoms with Gasteiger partial charge in [0.15, 0.2) is 6.04 Å². The number of carbonyl (C=O) groups is 3. The van der Waals surface area contributed by atoms with Crippen molar-refractivity contribution >= 4 is 23.5 Å². The number of anilines is 1. The Hall–Kier alpha value is -3.43. The maximum absolute atomic E-state index is 13.6. The minimum Gasteiger partial charge on any atom is -0.480 e. The van der Waals surface area contributed by atoms with Gasteiger partial charge in [-0.2, -0.15) is 0 Å². The Balaban J connectivity index is 1.64. The van der Waals surface area contributed by atoms with E-state index in [0.717, 1.165) is 16.7 Å². The van der Waals surface area contributed by atoms with E-state index in [1.54, 1.807) is 18.2 Å². The maximum Gasteiger partial charge on any atom is 0.328 e. The first-order chi connectivity index (χ1) is 15.8. The smallest absolute Gasteiger partial charge is 0.328 e. The Kier molecular flexibility index (Phi) is 6.62. The molecule has 174 valence electrons. The number of aryl methyl sites for hydroxylation is 1. The first kappa shape index (κ1) is 22.8. The summed E-state index contributed by atoms with van der Waals surface area (Å²) in [5.41, 5.74) is 9.02. The highest BCUT2D eigenvalue weighted by Crippen LogP contribution is 2.35. The molecule has 9 nitrogen and oxygen atoms in total. The van der Waals surface area contributed by atoms with Crippen LogP contribution < -0.4 is 11.1 Å². The first-order valence-electron chi connectivity index (χ1n) is 10.9. The van der Waals surface area contributed by atoms with Gasteiger partial charge in [-0.1, -0.05) is 36.4 Å². The second-order valence-corrected chi connectivity index (χ2v) is 8.45. The molecule has 0 saturated carbocycles. The van der Waals surface area contributed by atoms with Gasteiger partial charge in [-0.05, 0) is 48.1 Å². The van der Waals surface area contributed by atoms with Gasteiger partial charge in [0.1, 0.15) is 6.04 Å². The molecule has 2 aromatic carbocycles. The number of fused-ring (bicyclic) bond motifs is 3.